The van der Waals surface area contributed by atoms with E-state index in [0.29, 0.717) is 6.42 Å². The molecule has 3 heteroatoms. The van der Waals surface area contributed by atoms with Gasteiger partial charge >= 0.3 is 0 Å². The monoisotopic (exact) mass is 336 g/mol. The smallest absolute Gasteiger partial charge is 0.124 e. The fourth-order valence-corrected chi connectivity index (χ4v) is 3.00. The van der Waals surface area contributed by atoms with E-state index in [1.807, 2.05) is 30.3 Å². The van der Waals surface area contributed by atoms with E-state index < -0.39 is 0 Å². The van der Waals surface area contributed by atoms with Crippen molar-refractivity contribution in [3.8, 4) is 0 Å². The van der Waals surface area contributed by atoms with Gasteiger partial charge in [-0.15, -0.1) is 0 Å². The van der Waals surface area contributed by atoms with Gasteiger partial charge in [-0.05, 0) is 36.1 Å². The molecule has 0 aromatic heterocycles. The van der Waals surface area contributed by atoms with Crippen LogP contribution in [0.2, 0.25) is 0 Å². The minimum Gasteiger partial charge on any atom is -0.395 e. The maximum Gasteiger partial charge on any atom is 0.124 e. The largest absolute Gasteiger partial charge is 0.395 e. The normalized spacial score (nSPS) is 14.0. The van der Waals surface area contributed by atoms with E-state index in [1.54, 1.807) is 6.07 Å². The molecule has 20 heavy (non-hydrogen) atoms. The van der Waals surface area contributed by atoms with Crippen molar-refractivity contribution < 1.29 is 9.50 Å². The Balaban J connectivity index is 2.39. The van der Waals surface area contributed by atoms with Gasteiger partial charge in [-0.2, -0.15) is 0 Å². The van der Waals surface area contributed by atoms with E-state index in [2.05, 4.69) is 22.9 Å². The Morgan fingerprint density at radius 2 is 1.85 bits per heavy atom. The molecule has 2 aromatic rings. The number of halogens is 2. The Labute approximate surface area is 127 Å². The van der Waals surface area contributed by atoms with Gasteiger partial charge in [-0.25, -0.2) is 4.39 Å². The van der Waals surface area contributed by atoms with Gasteiger partial charge in [0.05, 0.1) is 6.61 Å². The van der Waals surface area contributed by atoms with Crippen LogP contribution in [-0.4, -0.2) is 11.7 Å². The second-order valence-electron chi connectivity index (χ2n) is 5.07. The first-order valence-electron chi connectivity index (χ1n) is 6.71. The van der Waals surface area contributed by atoms with Crippen molar-refractivity contribution in [2.24, 2.45) is 0 Å². The molecule has 0 bridgehead atoms. The minimum atomic E-state index is -0.332. The lowest BCUT2D eigenvalue weighted by molar-refractivity contribution is 0.186. The van der Waals surface area contributed by atoms with Gasteiger partial charge in [0.1, 0.15) is 5.82 Å². The molecule has 0 amide bonds. The SMILES string of the molecule is CCC(CO)(Cc1ccc(F)cc1Br)c1ccccc1. The van der Waals surface area contributed by atoms with Gasteiger partial charge in [-0.1, -0.05) is 59.3 Å². The molecule has 0 aliphatic carbocycles. The lowest BCUT2D eigenvalue weighted by Gasteiger charge is -2.32. The number of aliphatic hydroxyl groups excluding tert-OH is 1. The van der Waals surface area contributed by atoms with Gasteiger partial charge in [0.25, 0.3) is 0 Å². The van der Waals surface area contributed by atoms with Gasteiger partial charge in [0, 0.05) is 9.89 Å². The summed E-state index contributed by atoms with van der Waals surface area (Å²) in [7, 11) is 0. The summed E-state index contributed by atoms with van der Waals surface area (Å²) in [5, 5.41) is 9.95. The molecule has 0 aliphatic rings. The maximum absolute atomic E-state index is 13.2. The first-order chi connectivity index (χ1) is 9.61. The van der Waals surface area contributed by atoms with Gasteiger partial charge in [-0.3, -0.25) is 0 Å². The zero-order chi connectivity index (χ0) is 14.6. The molecule has 0 fully saturated rings. The molecule has 1 atom stereocenters. The first-order valence-corrected chi connectivity index (χ1v) is 7.51. The van der Waals surface area contributed by atoms with Crippen LogP contribution in [0, 0.1) is 5.82 Å². The maximum atomic E-state index is 13.2. The van der Waals surface area contributed by atoms with Crippen LogP contribution in [0.25, 0.3) is 0 Å². The van der Waals surface area contributed by atoms with Gasteiger partial charge in [0.15, 0.2) is 0 Å². The lowest BCUT2D eigenvalue weighted by Crippen LogP contribution is -2.32. The quantitative estimate of drug-likeness (QED) is 0.853. The first kappa shape index (κ1) is 15.2. The van der Waals surface area contributed by atoms with E-state index in [0.717, 1.165) is 22.0 Å². The Morgan fingerprint density at radius 3 is 2.40 bits per heavy atom. The molecule has 2 aromatic carbocycles. The van der Waals surface area contributed by atoms with Gasteiger partial charge < -0.3 is 5.11 Å². The highest BCUT2D eigenvalue weighted by Gasteiger charge is 2.30. The zero-order valence-corrected chi connectivity index (χ0v) is 13.0. The molecule has 0 saturated heterocycles. The van der Waals surface area contributed by atoms with Crippen molar-refractivity contribution in [2.45, 2.75) is 25.2 Å². The van der Waals surface area contributed by atoms with Crippen LogP contribution >= 0.6 is 15.9 Å². The summed E-state index contributed by atoms with van der Waals surface area (Å²) < 4.78 is 13.9. The number of hydrogen-bond donors (Lipinski definition) is 1. The summed E-state index contributed by atoms with van der Waals surface area (Å²) >= 11 is 3.41. The van der Waals surface area contributed by atoms with Crippen LogP contribution in [0.1, 0.15) is 24.5 Å². The van der Waals surface area contributed by atoms with E-state index in [1.165, 1.54) is 12.1 Å². The van der Waals surface area contributed by atoms with Crippen molar-refractivity contribution >= 4 is 15.9 Å². The number of hydrogen-bond acceptors (Lipinski definition) is 1. The summed E-state index contributed by atoms with van der Waals surface area (Å²) in [6.07, 6.45) is 1.49. The number of aliphatic hydroxyl groups is 1. The molecule has 2 rings (SSSR count). The molecule has 106 valence electrons. The molecular weight excluding hydrogens is 319 g/mol. The molecule has 0 saturated carbocycles. The Bertz CT molecular complexity index is 564. The number of rotatable bonds is 5. The standard InChI is InChI=1S/C17H18BrFO/c1-2-17(12-20,14-6-4-3-5-7-14)11-13-8-9-15(19)10-16(13)18/h3-10,20H,2,11-12H2,1H3. The second kappa shape index (κ2) is 6.51. The van der Waals surface area contributed by atoms with Crippen LogP contribution in [0.15, 0.2) is 53.0 Å². The number of benzene rings is 2. The molecule has 1 unspecified atom stereocenters. The summed E-state index contributed by atoms with van der Waals surface area (Å²) in [4.78, 5) is 0. The van der Waals surface area contributed by atoms with Crippen LogP contribution in [0.5, 0.6) is 0 Å². The third kappa shape index (κ3) is 3.10. The van der Waals surface area contributed by atoms with Crippen LogP contribution in [0.3, 0.4) is 0 Å². The van der Waals surface area contributed by atoms with Crippen molar-refractivity contribution in [1.82, 2.24) is 0 Å². The Hall–Kier alpha value is -1.19. The highest BCUT2D eigenvalue weighted by atomic mass is 79.9. The van der Waals surface area contributed by atoms with E-state index in [9.17, 15) is 9.50 Å². The molecule has 0 radical (unpaired) electrons. The van der Waals surface area contributed by atoms with Crippen molar-refractivity contribution in [3.05, 3.63) is 69.9 Å². The third-order valence-corrected chi connectivity index (χ3v) is 4.65. The topological polar surface area (TPSA) is 20.2 Å². The summed E-state index contributed by atoms with van der Waals surface area (Å²) in [5.74, 6) is -0.258. The fourth-order valence-electron chi connectivity index (χ4n) is 2.51. The highest BCUT2D eigenvalue weighted by Crippen LogP contribution is 2.34. The van der Waals surface area contributed by atoms with Crippen LogP contribution < -0.4 is 0 Å². The predicted octanol–water partition coefficient (Wildman–Crippen LogP) is 4.47. The fraction of sp³-hybridized carbons (Fsp3) is 0.294. The van der Waals surface area contributed by atoms with Crippen LogP contribution in [-0.2, 0) is 11.8 Å². The highest BCUT2D eigenvalue weighted by molar-refractivity contribution is 9.10. The predicted molar refractivity (Wildman–Crippen MR) is 83.3 cm³/mol. The molecule has 0 aliphatic heterocycles. The molecule has 0 spiro atoms. The van der Waals surface area contributed by atoms with E-state index >= 15 is 0 Å². The Kier molecular flexibility index (Phi) is 4.95. The minimum absolute atomic E-state index is 0.0668. The van der Waals surface area contributed by atoms with Crippen molar-refractivity contribution in [3.63, 3.8) is 0 Å². The molecule has 1 N–H and O–H groups in total. The third-order valence-electron chi connectivity index (χ3n) is 3.91. The van der Waals surface area contributed by atoms with Gasteiger partial charge in [0.2, 0.25) is 0 Å². The molecule has 1 nitrogen and oxygen atoms in total. The van der Waals surface area contributed by atoms with Crippen molar-refractivity contribution in [2.75, 3.05) is 6.61 Å². The van der Waals surface area contributed by atoms with E-state index in [-0.39, 0.29) is 17.8 Å². The second-order valence-corrected chi connectivity index (χ2v) is 5.92. The van der Waals surface area contributed by atoms with Crippen molar-refractivity contribution in [1.29, 1.82) is 0 Å². The lowest BCUT2D eigenvalue weighted by atomic mass is 9.74. The molecule has 0 heterocycles. The molecular formula is C17H18BrFO. The zero-order valence-electron chi connectivity index (χ0n) is 11.4. The Morgan fingerprint density at radius 1 is 1.15 bits per heavy atom. The average molecular weight is 337 g/mol. The summed E-state index contributed by atoms with van der Waals surface area (Å²) in [6, 6.07) is 14.7. The summed E-state index contributed by atoms with van der Waals surface area (Å²) in [5.41, 5.74) is 1.79. The van der Waals surface area contributed by atoms with Crippen LogP contribution in [0.4, 0.5) is 4.39 Å². The average Bonchev–Trinajstić information content (AvgIpc) is 2.48. The van der Waals surface area contributed by atoms with E-state index in [4.69, 9.17) is 0 Å². The summed E-state index contributed by atoms with van der Waals surface area (Å²) in [6.45, 7) is 2.14.